The Kier molecular flexibility index (Phi) is 3.81. The van der Waals surface area contributed by atoms with Crippen LogP contribution in [0.4, 0.5) is 0 Å². The van der Waals surface area contributed by atoms with Crippen molar-refractivity contribution in [2.75, 3.05) is 0 Å². The molecule has 6 aromatic rings. The Labute approximate surface area is 180 Å². The Morgan fingerprint density at radius 3 is 1.83 bits per heavy atom. The highest BCUT2D eigenvalue weighted by Gasteiger charge is 2.12. The van der Waals surface area contributed by atoms with Crippen molar-refractivity contribution in [1.82, 2.24) is 4.57 Å². The van der Waals surface area contributed by atoms with Crippen LogP contribution in [0.25, 0.3) is 53.1 Å². The molecule has 0 bridgehead atoms. The van der Waals surface area contributed by atoms with Crippen molar-refractivity contribution in [1.29, 1.82) is 0 Å². The zero-order valence-electron chi connectivity index (χ0n) is 17.5. The van der Waals surface area contributed by atoms with E-state index in [0.717, 1.165) is 6.54 Å². The maximum atomic E-state index is 2.42. The fourth-order valence-electron chi connectivity index (χ4n) is 4.81. The maximum absolute atomic E-state index is 2.42. The van der Waals surface area contributed by atoms with Gasteiger partial charge < -0.3 is 4.57 Å². The van der Waals surface area contributed by atoms with Crippen LogP contribution in [0.2, 0.25) is 0 Å². The third kappa shape index (κ3) is 2.54. The number of hydrogen-bond acceptors (Lipinski definition) is 1. The second-order valence-corrected chi connectivity index (χ2v) is 9.39. The molecule has 2 heteroatoms. The Hall–Kier alpha value is -3.10. The van der Waals surface area contributed by atoms with Gasteiger partial charge in [0, 0.05) is 48.5 Å². The van der Waals surface area contributed by atoms with Gasteiger partial charge in [0.05, 0.1) is 0 Å². The lowest BCUT2D eigenvalue weighted by Crippen LogP contribution is -1.92. The number of rotatable bonds is 2. The van der Waals surface area contributed by atoms with E-state index in [0.29, 0.717) is 0 Å². The van der Waals surface area contributed by atoms with Crippen LogP contribution < -0.4 is 0 Å². The van der Waals surface area contributed by atoms with Crippen LogP contribution in [0, 0.1) is 13.8 Å². The van der Waals surface area contributed by atoms with E-state index >= 15 is 0 Å². The summed E-state index contributed by atoms with van der Waals surface area (Å²) in [5, 5.41) is 5.44. The number of aryl methyl sites for hydroxylation is 3. The summed E-state index contributed by atoms with van der Waals surface area (Å²) in [6.45, 7) is 7.56. The Bertz CT molecular complexity index is 1600. The fourth-order valence-corrected chi connectivity index (χ4v) is 5.88. The van der Waals surface area contributed by atoms with Gasteiger partial charge in [0.2, 0.25) is 0 Å². The topological polar surface area (TPSA) is 4.93 Å². The van der Waals surface area contributed by atoms with E-state index in [2.05, 4.69) is 98.1 Å². The van der Waals surface area contributed by atoms with Crippen molar-refractivity contribution < 1.29 is 0 Å². The summed E-state index contributed by atoms with van der Waals surface area (Å²) in [4.78, 5) is 0. The molecule has 0 saturated carbocycles. The number of nitrogens with zero attached hydrogens (tertiary/aromatic N) is 1. The summed E-state index contributed by atoms with van der Waals surface area (Å²) in [7, 11) is 0. The predicted octanol–water partition coefficient (Wildman–Crippen LogP) is 8.47. The molecule has 0 saturated heterocycles. The standard InChI is InChI=1S/C28H23NS/c1-4-29-25-9-5-17(2)13-21(25)22-15-19(7-10-26(22)29)20-8-12-28-24(16-20)23-14-18(3)6-11-27(23)30-28/h5-16H,4H2,1-3H3. The molecule has 0 aliphatic carbocycles. The summed E-state index contributed by atoms with van der Waals surface area (Å²) in [6.07, 6.45) is 0. The summed E-state index contributed by atoms with van der Waals surface area (Å²) in [5.41, 5.74) is 7.84. The fraction of sp³-hybridized carbons (Fsp3) is 0.143. The predicted molar refractivity (Wildman–Crippen MR) is 133 cm³/mol. The number of hydrogen-bond donors (Lipinski definition) is 0. The van der Waals surface area contributed by atoms with Gasteiger partial charge in [0.25, 0.3) is 0 Å². The molecule has 0 aliphatic rings. The second kappa shape index (κ2) is 6.45. The van der Waals surface area contributed by atoms with Crippen LogP contribution in [0.15, 0.2) is 72.8 Å². The van der Waals surface area contributed by atoms with Crippen LogP contribution in [-0.4, -0.2) is 4.57 Å². The average molecular weight is 406 g/mol. The van der Waals surface area contributed by atoms with Crippen molar-refractivity contribution in [2.45, 2.75) is 27.3 Å². The van der Waals surface area contributed by atoms with Crippen LogP contribution in [0.1, 0.15) is 18.1 Å². The monoisotopic (exact) mass is 405 g/mol. The molecule has 1 nitrogen and oxygen atoms in total. The van der Waals surface area contributed by atoms with E-state index in [-0.39, 0.29) is 0 Å². The molecule has 4 aromatic carbocycles. The molecule has 0 spiro atoms. The molecule has 0 atom stereocenters. The molecule has 0 aliphatic heterocycles. The molecular weight excluding hydrogens is 382 g/mol. The van der Waals surface area contributed by atoms with Gasteiger partial charge >= 0.3 is 0 Å². The molecule has 0 fully saturated rings. The van der Waals surface area contributed by atoms with Gasteiger partial charge in [-0.25, -0.2) is 0 Å². The third-order valence-corrected chi connectivity index (χ3v) is 7.45. The van der Waals surface area contributed by atoms with Crippen LogP contribution >= 0.6 is 11.3 Å². The lowest BCUT2D eigenvalue weighted by Gasteiger charge is -2.05. The smallest absolute Gasteiger partial charge is 0.0491 e. The van der Waals surface area contributed by atoms with Gasteiger partial charge in [-0.3, -0.25) is 0 Å². The van der Waals surface area contributed by atoms with Crippen molar-refractivity contribution >= 4 is 53.3 Å². The van der Waals surface area contributed by atoms with E-state index in [1.165, 1.54) is 64.2 Å². The Morgan fingerprint density at radius 1 is 0.600 bits per heavy atom. The molecule has 0 N–H and O–H groups in total. The van der Waals surface area contributed by atoms with Crippen molar-refractivity contribution in [2.24, 2.45) is 0 Å². The number of aromatic nitrogens is 1. The first-order valence-corrected chi connectivity index (χ1v) is 11.4. The lowest BCUT2D eigenvalue weighted by atomic mass is 10.00. The van der Waals surface area contributed by atoms with Crippen LogP contribution in [-0.2, 0) is 6.54 Å². The van der Waals surface area contributed by atoms with Gasteiger partial charge in [0.15, 0.2) is 0 Å². The van der Waals surface area contributed by atoms with Crippen molar-refractivity contribution in [3.8, 4) is 11.1 Å². The van der Waals surface area contributed by atoms with Gasteiger partial charge in [-0.1, -0.05) is 35.4 Å². The summed E-state index contributed by atoms with van der Waals surface area (Å²) >= 11 is 1.88. The largest absolute Gasteiger partial charge is 0.341 e. The first-order valence-electron chi connectivity index (χ1n) is 10.6. The first-order chi connectivity index (χ1) is 14.6. The molecule has 2 heterocycles. The summed E-state index contributed by atoms with van der Waals surface area (Å²) < 4.78 is 5.15. The van der Waals surface area contributed by atoms with E-state index in [4.69, 9.17) is 0 Å². The minimum absolute atomic E-state index is 0.981. The maximum Gasteiger partial charge on any atom is 0.0491 e. The van der Waals surface area contributed by atoms with Crippen LogP contribution in [0.5, 0.6) is 0 Å². The zero-order chi connectivity index (χ0) is 20.4. The third-order valence-electron chi connectivity index (χ3n) is 6.29. The normalized spacial score (nSPS) is 12.0. The Morgan fingerprint density at radius 2 is 1.10 bits per heavy atom. The molecule has 30 heavy (non-hydrogen) atoms. The molecule has 0 radical (unpaired) electrons. The molecule has 0 amide bonds. The first kappa shape index (κ1) is 17.7. The highest BCUT2D eigenvalue weighted by Crippen LogP contribution is 2.38. The van der Waals surface area contributed by atoms with Gasteiger partial charge in [0.1, 0.15) is 0 Å². The molecular formula is C28H23NS. The number of fused-ring (bicyclic) bond motifs is 6. The highest BCUT2D eigenvalue weighted by molar-refractivity contribution is 7.25. The SMILES string of the molecule is CCn1c2ccc(C)cc2c2cc(-c3ccc4sc5ccc(C)cc5c4c3)ccc21. The minimum Gasteiger partial charge on any atom is -0.341 e. The summed E-state index contributed by atoms with van der Waals surface area (Å²) in [6, 6.07) is 27.5. The quantitative estimate of drug-likeness (QED) is 0.272. The number of thiophene rings is 1. The van der Waals surface area contributed by atoms with Gasteiger partial charge in [-0.15, -0.1) is 11.3 Å². The lowest BCUT2D eigenvalue weighted by molar-refractivity contribution is 0.827. The van der Waals surface area contributed by atoms with E-state index in [1.54, 1.807) is 0 Å². The molecule has 0 unspecified atom stereocenters. The van der Waals surface area contributed by atoms with E-state index < -0.39 is 0 Å². The Balaban J connectivity index is 1.61. The molecule has 6 rings (SSSR count). The zero-order valence-corrected chi connectivity index (χ0v) is 18.3. The molecule has 146 valence electrons. The second-order valence-electron chi connectivity index (χ2n) is 8.31. The highest BCUT2D eigenvalue weighted by atomic mass is 32.1. The van der Waals surface area contributed by atoms with Crippen molar-refractivity contribution in [3.63, 3.8) is 0 Å². The number of benzene rings is 4. The van der Waals surface area contributed by atoms with Gasteiger partial charge in [-0.2, -0.15) is 0 Å². The minimum atomic E-state index is 0.981. The van der Waals surface area contributed by atoms with Gasteiger partial charge in [-0.05, 0) is 80.4 Å². The van der Waals surface area contributed by atoms with Crippen LogP contribution in [0.3, 0.4) is 0 Å². The molecule has 2 aromatic heterocycles. The van der Waals surface area contributed by atoms with Crippen molar-refractivity contribution in [3.05, 3.63) is 83.9 Å². The summed E-state index contributed by atoms with van der Waals surface area (Å²) in [5.74, 6) is 0. The van der Waals surface area contributed by atoms with E-state index in [1.807, 2.05) is 11.3 Å². The van der Waals surface area contributed by atoms with E-state index in [9.17, 15) is 0 Å². The average Bonchev–Trinajstić information content (AvgIpc) is 3.27.